The van der Waals surface area contributed by atoms with Gasteiger partial charge in [0.05, 0.1) is 10.6 Å². The molecule has 0 bridgehead atoms. The summed E-state index contributed by atoms with van der Waals surface area (Å²) in [5, 5.41) is -0.244. The van der Waals surface area contributed by atoms with Crippen LogP contribution in [0.1, 0.15) is 40.2 Å². The van der Waals surface area contributed by atoms with Crippen molar-refractivity contribution >= 4 is 23.5 Å². The molecule has 9 heteroatoms. The van der Waals surface area contributed by atoms with Crippen LogP contribution in [0.15, 0.2) is 42.5 Å². The fourth-order valence-corrected chi connectivity index (χ4v) is 3.70. The third-order valence-electron chi connectivity index (χ3n) is 5.06. The van der Waals surface area contributed by atoms with Gasteiger partial charge in [0.25, 0.3) is 5.91 Å². The van der Waals surface area contributed by atoms with E-state index in [9.17, 15) is 22.8 Å². The van der Waals surface area contributed by atoms with Crippen molar-refractivity contribution < 1.29 is 27.5 Å². The van der Waals surface area contributed by atoms with Crippen molar-refractivity contribution in [1.82, 2.24) is 4.90 Å². The van der Waals surface area contributed by atoms with Gasteiger partial charge in [0.15, 0.2) is 5.75 Å². The summed E-state index contributed by atoms with van der Waals surface area (Å²) in [6.45, 7) is 1.27. The van der Waals surface area contributed by atoms with E-state index in [1.54, 1.807) is 0 Å². The van der Waals surface area contributed by atoms with Crippen LogP contribution in [-0.2, 0) is 11.3 Å². The number of hydrogen-bond acceptors (Lipinski definition) is 4. The second kappa shape index (κ2) is 9.06. The highest BCUT2D eigenvalue weighted by Gasteiger charge is 2.42. The lowest BCUT2D eigenvalue weighted by molar-refractivity contribution is -0.189. The monoisotopic (exact) mass is 440 g/mol. The molecule has 0 aromatic heterocycles. The molecule has 0 spiro atoms. The van der Waals surface area contributed by atoms with Crippen molar-refractivity contribution in [2.45, 2.75) is 31.5 Å². The zero-order valence-electron chi connectivity index (χ0n) is 15.9. The number of nitrogens with two attached hydrogens (primary N) is 1. The Morgan fingerprint density at radius 3 is 2.43 bits per heavy atom. The third kappa shape index (κ3) is 4.94. The summed E-state index contributed by atoms with van der Waals surface area (Å²) < 4.78 is 42.2. The summed E-state index contributed by atoms with van der Waals surface area (Å²) in [6, 6.07) is 11.9. The molecule has 0 atom stereocenters. The Morgan fingerprint density at radius 1 is 1.13 bits per heavy atom. The predicted molar refractivity (Wildman–Crippen MR) is 105 cm³/mol. The molecule has 0 radical (unpaired) electrons. The number of ether oxygens (including phenoxy) is 1. The van der Waals surface area contributed by atoms with Crippen LogP contribution < -0.4 is 10.5 Å². The largest absolute Gasteiger partial charge is 0.491 e. The Morgan fingerprint density at radius 2 is 1.80 bits per heavy atom. The number of carbonyl (C=O) groups is 2. The van der Waals surface area contributed by atoms with E-state index in [-0.39, 0.29) is 16.5 Å². The van der Waals surface area contributed by atoms with Gasteiger partial charge in [-0.2, -0.15) is 13.2 Å². The minimum absolute atomic E-state index is 0.177. The quantitative estimate of drug-likeness (QED) is 0.568. The highest BCUT2D eigenvalue weighted by molar-refractivity contribution is 6.32. The van der Waals surface area contributed by atoms with Crippen LogP contribution in [0.4, 0.5) is 13.2 Å². The summed E-state index contributed by atoms with van der Waals surface area (Å²) in [5.74, 6) is -3.29. The van der Waals surface area contributed by atoms with Gasteiger partial charge >= 0.3 is 12.1 Å². The van der Waals surface area contributed by atoms with E-state index in [0.29, 0.717) is 32.5 Å². The molecule has 1 heterocycles. The summed E-state index contributed by atoms with van der Waals surface area (Å²) in [7, 11) is 0. The lowest BCUT2D eigenvalue weighted by Crippen LogP contribution is -2.38. The molecule has 1 amide bonds. The van der Waals surface area contributed by atoms with E-state index >= 15 is 0 Å². The number of likely N-dealkylation sites (tertiary alicyclic amines) is 1. The van der Waals surface area contributed by atoms with Gasteiger partial charge in [-0.1, -0.05) is 41.9 Å². The van der Waals surface area contributed by atoms with E-state index in [0.717, 1.165) is 11.1 Å². The van der Waals surface area contributed by atoms with Gasteiger partial charge in [-0.05, 0) is 42.0 Å². The number of alkyl halides is 3. The van der Waals surface area contributed by atoms with Gasteiger partial charge in [-0.15, -0.1) is 0 Å². The Bertz CT molecular complexity index is 941. The highest BCUT2D eigenvalue weighted by Crippen LogP contribution is 2.34. The topological polar surface area (TPSA) is 72.6 Å². The zero-order valence-corrected chi connectivity index (χ0v) is 16.7. The van der Waals surface area contributed by atoms with E-state index in [1.165, 1.54) is 23.1 Å². The van der Waals surface area contributed by atoms with Gasteiger partial charge in [-0.3, -0.25) is 4.79 Å². The van der Waals surface area contributed by atoms with Crippen LogP contribution >= 0.6 is 11.6 Å². The van der Waals surface area contributed by atoms with Crippen LogP contribution in [0.3, 0.4) is 0 Å². The zero-order chi connectivity index (χ0) is 21.9. The number of nitrogens with zero attached hydrogens (tertiary/aromatic N) is 1. The number of piperidine rings is 1. The van der Waals surface area contributed by atoms with Gasteiger partial charge < -0.3 is 15.4 Å². The standard InChI is InChI=1S/C21H20ClF3N2O3/c22-17-6-2-5-16(18(17)30-20(29)21(23,24)25)19(28)27-9-7-14(8-10-27)15-4-1-3-13(11-15)12-26/h1-6,11,14H,7-10,12,26H2. The number of benzene rings is 2. The summed E-state index contributed by atoms with van der Waals surface area (Å²) in [4.78, 5) is 25.7. The lowest BCUT2D eigenvalue weighted by atomic mass is 9.88. The number of carbonyl (C=O) groups excluding carboxylic acids is 2. The maximum absolute atomic E-state index is 12.9. The summed E-state index contributed by atoms with van der Waals surface area (Å²) >= 11 is 5.91. The van der Waals surface area contributed by atoms with Gasteiger partial charge in [-0.25, -0.2) is 4.79 Å². The van der Waals surface area contributed by atoms with E-state index in [4.69, 9.17) is 17.3 Å². The van der Waals surface area contributed by atoms with E-state index < -0.39 is 23.8 Å². The number of amides is 1. The van der Waals surface area contributed by atoms with Crippen molar-refractivity contribution in [1.29, 1.82) is 0 Å². The van der Waals surface area contributed by atoms with Crippen molar-refractivity contribution in [3.8, 4) is 5.75 Å². The molecule has 0 aliphatic carbocycles. The summed E-state index contributed by atoms with van der Waals surface area (Å²) in [5.41, 5.74) is 7.69. The highest BCUT2D eigenvalue weighted by atomic mass is 35.5. The van der Waals surface area contributed by atoms with Crippen LogP contribution in [0, 0.1) is 0 Å². The first-order chi connectivity index (χ1) is 14.2. The Balaban J connectivity index is 1.74. The number of halogens is 4. The predicted octanol–water partition coefficient (Wildman–Crippen LogP) is 4.29. The molecule has 1 aliphatic heterocycles. The number of para-hydroxylation sites is 1. The Kier molecular flexibility index (Phi) is 6.67. The molecule has 2 aromatic rings. The molecule has 2 N–H and O–H groups in total. The normalized spacial score (nSPS) is 15.2. The molecule has 30 heavy (non-hydrogen) atoms. The minimum atomic E-state index is -5.20. The van der Waals surface area contributed by atoms with Crippen LogP contribution in [-0.4, -0.2) is 36.0 Å². The second-order valence-electron chi connectivity index (χ2n) is 7.02. The van der Waals surface area contributed by atoms with Crippen LogP contribution in [0.25, 0.3) is 0 Å². The lowest BCUT2D eigenvalue weighted by Gasteiger charge is -2.32. The molecular weight excluding hydrogens is 421 g/mol. The number of esters is 1. The van der Waals surface area contributed by atoms with Gasteiger partial charge in [0.2, 0.25) is 0 Å². The first kappa shape index (κ1) is 22.1. The first-order valence-corrected chi connectivity index (χ1v) is 9.74. The fraction of sp³-hybridized carbons (Fsp3) is 0.333. The molecule has 1 saturated heterocycles. The van der Waals surface area contributed by atoms with E-state index in [2.05, 4.69) is 4.74 Å². The Labute approximate surface area is 176 Å². The van der Waals surface area contributed by atoms with Crippen molar-refractivity contribution in [2.75, 3.05) is 13.1 Å². The molecule has 1 aliphatic rings. The molecule has 1 fully saturated rings. The smallest absolute Gasteiger partial charge is 0.417 e. The minimum Gasteiger partial charge on any atom is -0.417 e. The Hall–Kier alpha value is -2.58. The van der Waals surface area contributed by atoms with Crippen LogP contribution in [0.5, 0.6) is 5.75 Å². The maximum atomic E-state index is 12.9. The molecule has 5 nitrogen and oxygen atoms in total. The van der Waals surface area contributed by atoms with E-state index in [1.807, 2.05) is 24.3 Å². The third-order valence-corrected chi connectivity index (χ3v) is 5.36. The molecule has 2 aromatic carbocycles. The van der Waals surface area contributed by atoms with Gasteiger partial charge in [0, 0.05) is 19.6 Å². The average molecular weight is 441 g/mol. The fourth-order valence-electron chi connectivity index (χ4n) is 3.49. The molecule has 0 saturated carbocycles. The number of rotatable bonds is 4. The molecule has 160 valence electrons. The molecule has 0 unspecified atom stereocenters. The van der Waals surface area contributed by atoms with Crippen molar-refractivity contribution in [3.05, 3.63) is 64.2 Å². The SMILES string of the molecule is NCc1cccc(C2CCN(C(=O)c3cccc(Cl)c3OC(=O)C(F)(F)F)CC2)c1. The van der Waals surface area contributed by atoms with Crippen molar-refractivity contribution in [3.63, 3.8) is 0 Å². The molecular formula is C21H20ClF3N2O3. The number of hydrogen-bond donors (Lipinski definition) is 1. The molecule has 3 rings (SSSR count). The first-order valence-electron chi connectivity index (χ1n) is 9.36. The van der Waals surface area contributed by atoms with Crippen molar-refractivity contribution in [2.24, 2.45) is 5.73 Å². The van der Waals surface area contributed by atoms with Crippen LogP contribution in [0.2, 0.25) is 5.02 Å². The summed E-state index contributed by atoms with van der Waals surface area (Å²) in [6.07, 6.45) is -3.81. The van der Waals surface area contributed by atoms with Gasteiger partial charge in [0.1, 0.15) is 0 Å². The average Bonchev–Trinajstić information content (AvgIpc) is 2.74. The second-order valence-corrected chi connectivity index (χ2v) is 7.43. The maximum Gasteiger partial charge on any atom is 0.491 e.